The van der Waals surface area contributed by atoms with E-state index in [1.807, 2.05) is 6.92 Å². The maximum Gasteiger partial charge on any atom is 0.180 e. The van der Waals surface area contributed by atoms with Crippen molar-refractivity contribution >= 4 is 29.0 Å². The molecule has 0 amide bonds. The van der Waals surface area contributed by atoms with E-state index in [4.69, 9.17) is 38.9 Å². The molecule has 0 radical (unpaired) electrons. The Kier molecular flexibility index (Phi) is 4.71. The highest BCUT2D eigenvalue weighted by Crippen LogP contribution is 2.28. The standard InChI is InChI=1S/C10H12Cl2N2O2/c1-2-8(10(13)14-15)16-9-4-3-6(11)5-7(9)12/h3-5,8,15H,2H2,1H3,(H2,13,14). The van der Waals surface area contributed by atoms with Crippen LogP contribution in [0.15, 0.2) is 23.4 Å². The van der Waals surface area contributed by atoms with Gasteiger partial charge in [-0.15, -0.1) is 0 Å². The normalized spacial score (nSPS) is 13.6. The Morgan fingerprint density at radius 3 is 2.75 bits per heavy atom. The van der Waals surface area contributed by atoms with Crippen LogP contribution < -0.4 is 10.5 Å². The molecule has 0 bridgehead atoms. The van der Waals surface area contributed by atoms with Gasteiger partial charge in [-0.2, -0.15) is 0 Å². The molecule has 0 aromatic heterocycles. The van der Waals surface area contributed by atoms with Gasteiger partial charge in [0.15, 0.2) is 11.9 Å². The van der Waals surface area contributed by atoms with Gasteiger partial charge in [0.1, 0.15) is 5.75 Å². The maximum atomic E-state index is 8.56. The Labute approximate surface area is 104 Å². The number of nitrogens with two attached hydrogens (primary N) is 1. The number of oxime groups is 1. The van der Waals surface area contributed by atoms with Crippen molar-refractivity contribution in [1.29, 1.82) is 0 Å². The fourth-order valence-corrected chi connectivity index (χ4v) is 1.59. The third-order valence-corrected chi connectivity index (χ3v) is 2.51. The summed E-state index contributed by atoms with van der Waals surface area (Å²) < 4.78 is 5.50. The van der Waals surface area contributed by atoms with E-state index in [0.717, 1.165) is 0 Å². The first-order valence-electron chi connectivity index (χ1n) is 4.67. The third-order valence-electron chi connectivity index (χ3n) is 1.98. The first-order chi connectivity index (χ1) is 7.58. The molecule has 6 heteroatoms. The Bertz CT molecular complexity index is 396. The average molecular weight is 263 g/mol. The third kappa shape index (κ3) is 3.18. The first-order valence-corrected chi connectivity index (χ1v) is 5.43. The molecule has 1 rings (SSSR count). The zero-order chi connectivity index (χ0) is 12.1. The lowest BCUT2D eigenvalue weighted by atomic mass is 10.2. The highest BCUT2D eigenvalue weighted by molar-refractivity contribution is 6.35. The lowest BCUT2D eigenvalue weighted by molar-refractivity contribution is 0.247. The summed E-state index contributed by atoms with van der Waals surface area (Å²) in [5.41, 5.74) is 5.46. The van der Waals surface area contributed by atoms with E-state index in [2.05, 4.69) is 5.16 Å². The quantitative estimate of drug-likeness (QED) is 0.380. The van der Waals surface area contributed by atoms with Crippen molar-refractivity contribution < 1.29 is 9.94 Å². The summed E-state index contributed by atoms with van der Waals surface area (Å²) in [6, 6.07) is 4.86. The zero-order valence-electron chi connectivity index (χ0n) is 8.65. The van der Waals surface area contributed by atoms with Gasteiger partial charge in [0.25, 0.3) is 0 Å². The number of nitrogens with zero attached hydrogens (tertiary/aromatic N) is 1. The highest BCUT2D eigenvalue weighted by atomic mass is 35.5. The number of benzene rings is 1. The summed E-state index contributed by atoms with van der Waals surface area (Å²) in [6.07, 6.45) is 0.0538. The molecule has 0 spiro atoms. The molecule has 16 heavy (non-hydrogen) atoms. The van der Waals surface area contributed by atoms with E-state index in [-0.39, 0.29) is 5.84 Å². The molecule has 4 nitrogen and oxygen atoms in total. The van der Waals surface area contributed by atoms with Gasteiger partial charge in [-0.25, -0.2) is 0 Å². The number of hydrogen-bond donors (Lipinski definition) is 2. The number of amidine groups is 1. The number of rotatable bonds is 4. The van der Waals surface area contributed by atoms with Crippen LogP contribution in [0, 0.1) is 0 Å². The van der Waals surface area contributed by atoms with Crippen LogP contribution >= 0.6 is 23.2 Å². The van der Waals surface area contributed by atoms with Gasteiger partial charge in [0, 0.05) is 5.02 Å². The molecule has 1 atom stereocenters. The molecule has 0 aliphatic carbocycles. The van der Waals surface area contributed by atoms with Gasteiger partial charge in [0.05, 0.1) is 5.02 Å². The SMILES string of the molecule is CCC(Oc1ccc(Cl)cc1Cl)C(N)=NO. The minimum absolute atomic E-state index is 0.00789. The van der Waals surface area contributed by atoms with Crippen molar-refractivity contribution in [2.75, 3.05) is 0 Å². The molecule has 0 heterocycles. The first kappa shape index (κ1) is 12.9. The molecular formula is C10H12Cl2N2O2. The van der Waals surface area contributed by atoms with Crippen LogP contribution in [0.25, 0.3) is 0 Å². The van der Waals surface area contributed by atoms with E-state index in [9.17, 15) is 0 Å². The van der Waals surface area contributed by atoms with Crippen LogP contribution in [-0.4, -0.2) is 17.1 Å². The summed E-state index contributed by atoms with van der Waals surface area (Å²) >= 11 is 11.7. The van der Waals surface area contributed by atoms with Crippen LogP contribution in [0.5, 0.6) is 5.75 Å². The van der Waals surface area contributed by atoms with Crippen LogP contribution in [-0.2, 0) is 0 Å². The van der Waals surface area contributed by atoms with E-state index >= 15 is 0 Å². The highest BCUT2D eigenvalue weighted by Gasteiger charge is 2.15. The average Bonchev–Trinajstić information content (AvgIpc) is 2.27. The van der Waals surface area contributed by atoms with E-state index in [0.29, 0.717) is 22.2 Å². The van der Waals surface area contributed by atoms with Gasteiger partial charge in [-0.3, -0.25) is 0 Å². The molecule has 0 fully saturated rings. The predicted octanol–water partition coefficient (Wildman–Crippen LogP) is 2.90. The Morgan fingerprint density at radius 2 is 2.25 bits per heavy atom. The number of ether oxygens (including phenoxy) is 1. The summed E-state index contributed by atoms with van der Waals surface area (Å²) in [5.74, 6) is 0.457. The molecule has 1 aromatic carbocycles. The molecule has 1 aromatic rings. The van der Waals surface area contributed by atoms with E-state index < -0.39 is 6.10 Å². The van der Waals surface area contributed by atoms with E-state index in [1.54, 1.807) is 18.2 Å². The molecule has 0 aliphatic rings. The van der Waals surface area contributed by atoms with Crippen molar-refractivity contribution in [3.8, 4) is 5.75 Å². The molecule has 3 N–H and O–H groups in total. The fourth-order valence-electron chi connectivity index (χ4n) is 1.14. The van der Waals surface area contributed by atoms with Gasteiger partial charge in [-0.05, 0) is 24.6 Å². The predicted molar refractivity (Wildman–Crippen MR) is 64.6 cm³/mol. The van der Waals surface area contributed by atoms with Crippen LogP contribution in [0.3, 0.4) is 0 Å². The molecule has 0 saturated heterocycles. The van der Waals surface area contributed by atoms with Crippen LogP contribution in [0.4, 0.5) is 0 Å². The van der Waals surface area contributed by atoms with Crippen LogP contribution in [0.2, 0.25) is 10.0 Å². The van der Waals surface area contributed by atoms with Gasteiger partial charge < -0.3 is 15.7 Å². The molecular weight excluding hydrogens is 251 g/mol. The summed E-state index contributed by atoms with van der Waals surface area (Å²) in [5, 5.41) is 12.4. The van der Waals surface area contributed by atoms with E-state index in [1.165, 1.54) is 0 Å². The second kappa shape index (κ2) is 5.82. The van der Waals surface area contributed by atoms with Crippen molar-refractivity contribution in [3.63, 3.8) is 0 Å². The fraction of sp³-hybridized carbons (Fsp3) is 0.300. The lowest BCUT2D eigenvalue weighted by Crippen LogP contribution is -2.33. The second-order valence-corrected chi connectivity index (χ2v) is 3.96. The summed E-state index contributed by atoms with van der Waals surface area (Å²) in [7, 11) is 0. The topological polar surface area (TPSA) is 67.8 Å². The lowest BCUT2D eigenvalue weighted by Gasteiger charge is -2.16. The molecule has 0 saturated carbocycles. The Hall–Kier alpha value is -1.13. The summed E-state index contributed by atoms with van der Waals surface area (Å²) in [6.45, 7) is 1.85. The molecule has 1 unspecified atom stereocenters. The Balaban J connectivity index is 2.86. The maximum absolute atomic E-state index is 8.56. The van der Waals surface area contributed by atoms with Gasteiger partial charge >= 0.3 is 0 Å². The van der Waals surface area contributed by atoms with Crippen molar-refractivity contribution in [2.24, 2.45) is 10.9 Å². The minimum Gasteiger partial charge on any atom is -0.481 e. The number of halogens is 2. The van der Waals surface area contributed by atoms with Crippen molar-refractivity contribution in [3.05, 3.63) is 28.2 Å². The second-order valence-electron chi connectivity index (χ2n) is 3.11. The smallest absolute Gasteiger partial charge is 0.180 e. The Morgan fingerprint density at radius 1 is 1.56 bits per heavy atom. The van der Waals surface area contributed by atoms with Crippen molar-refractivity contribution in [2.45, 2.75) is 19.4 Å². The monoisotopic (exact) mass is 262 g/mol. The largest absolute Gasteiger partial charge is 0.481 e. The van der Waals surface area contributed by atoms with Gasteiger partial charge in [-0.1, -0.05) is 35.3 Å². The van der Waals surface area contributed by atoms with Crippen molar-refractivity contribution in [1.82, 2.24) is 0 Å². The summed E-state index contributed by atoms with van der Waals surface area (Å²) in [4.78, 5) is 0. The van der Waals surface area contributed by atoms with Crippen LogP contribution in [0.1, 0.15) is 13.3 Å². The molecule has 88 valence electrons. The molecule has 0 aliphatic heterocycles. The minimum atomic E-state index is -0.510. The zero-order valence-corrected chi connectivity index (χ0v) is 10.2. The van der Waals surface area contributed by atoms with Gasteiger partial charge in [0.2, 0.25) is 0 Å². The number of hydrogen-bond acceptors (Lipinski definition) is 3.